The highest BCUT2D eigenvalue weighted by Crippen LogP contribution is 2.28. The number of sulfonamides is 1. The van der Waals surface area contributed by atoms with E-state index in [0.717, 1.165) is 22.2 Å². The molecule has 0 saturated carbocycles. The molecular formula is C16H16N4O2S2. The van der Waals surface area contributed by atoms with Crippen molar-refractivity contribution in [3.8, 4) is 11.3 Å². The molecule has 0 saturated heterocycles. The van der Waals surface area contributed by atoms with Crippen LogP contribution in [0.2, 0.25) is 0 Å². The number of nitrogens with one attached hydrogen (secondary N) is 1. The van der Waals surface area contributed by atoms with Crippen molar-refractivity contribution < 1.29 is 8.42 Å². The van der Waals surface area contributed by atoms with Crippen LogP contribution in [0.15, 0.2) is 54.0 Å². The van der Waals surface area contributed by atoms with E-state index >= 15 is 0 Å². The molecule has 8 heteroatoms. The third-order valence-electron chi connectivity index (χ3n) is 3.43. The molecule has 1 aromatic carbocycles. The van der Waals surface area contributed by atoms with E-state index in [9.17, 15) is 8.42 Å². The van der Waals surface area contributed by atoms with E-state index < -0.39 is 10.0 Å². The summed E-state index contributed by atoms with van der Waals surface area (Å²) in [6.07, 6.45) is 2.89. The number of rotatable bonds is 5. The first kappa shape index (κ1) is 16.4. The molecule has 24 heavy (non-hydrogen) atoms. The van der Waals surface area contributed by atoms with Crippen LogP contribution in [0.3, 0.4) is 0 Å². The van der Waals surface area contributed by atoms with Gasteiger partial charge in [-0.05, 0) is 24.3 Å². The lowest BCUT2D eigenvalue weighted by atomic mass is 10.1. The van der Waals surface area contributed by atoms with Gasteiger partial charge in [-0.3, -0.25) is 4.31 Å². The van der Waals surface area contributed by atoms with Crippen molar-refractivity contribution in [2.75, 3.05) is 22.9 Å². The van der Waals surface area contributed by atoms with Crippen LogP contribution in [0.1, 0.15) is 0 Å². The van der Waals surface area contributed by atoms with Gasteiger partial charge < -0.3 is 5.32 Å². The fourth-order valence-corrected chi connectivity index (χ4v) is 3.27. The van der Waals surface area contributed by atoms with Gasteiger partial charge in [0.05, 0.1) is 17.6 Å². The second-order valence-corrected chi connectivity index (χ2v) is 8.03. The monoisotopic (exact) mass is 360 g/mol. The molecule has 2 heterocycles. The fourth-order valence-electron chi connectivity index (χ4n) is 2.04. The van der Waals surface area contributed by atoms with E-state index in [2.05, 4.69) is 15.3 Å². The Morgan fingerprint density at radius 2 is 1.88 bits per heavy atom. The van der Waals surface area contributed by atoms with E-state index in [-0.39, 0.29) is 0 Å². The van der Waals surface area contributed by atoms with Crippen molar-refractivity contribution in [2.24, 2.45) is 0 Å². The normalized spacial score (nSPS) is 11.2. The maximum Gasteiger partial charge on any atom is 0.231 e. The van der Waals surface area contributed by atoms with Gasteiger partial charge in [-0.2, -0.15) is 0 Å². The minimum Gasteiger partial charge on any atom is -0.316 e. The summed E-state index contributed by atoms with van der Waals surface area (Å²) in [4.78, 5) is 8.74. The van der Waals surface area contributed by atoms with Gasteiger partial charge >= 0.3 is 0 Å². The lowest BCUT2D eigenvalue weighted by Crippen LogP contribution is -2.24. The summed E-state index contributed by atoms with van der Waals surface area (Å²) in [5.41, 5.74) is 2.36. The molecule has 0 spiro atoms. The van der Waals surface area contributed by atoms with Crippen LogP contribution in [-0.4, -0.2) is 31.7 Å². The zero-order chi connectivity index (χ0) is 17.2. The Bertz CT molecular complexity index is 922. The number of thiazole rings is 1. The molecule has 0 fully saturated rings. The number of benzene rings is 1. The van der Waals surface area contributed by atoms with Gasteiger partial charge in [0.1, 0.15) is 5.82 Å². The van der Waals surface area contributed by atoms with E-state index in [1.807, 2.05) is 35.7 Å². The molecule has 0 bridgehead atoms. The predicted molar refractivity (Wildman–Crippen MR) is 98.3 cm³/mol. The summed E-state index contributed by atoms with van der Waals surface area (Å²) in [6, 6.07) is 12.9. The highest BCUT2D eigenvalue weighted by molar-refractivity contribution is 7.92. The molecule has 0 unspecified atom stereocenters. The van der Waals surface area contributed by atoms with Crippen LogP contribution in [0, 0.1) is 0 Å². The quantitative estimate of drug-likeness (QED) is 0.755. The van der Waals surface area contributed by atoms with Crippen LogP contribution in [0.25, 0.3) is 11.3 Å². The lowest BCUT2D eigenvalue weighted by molar-refractivity contribution is 0.600. The fraction of sp³-hybridized carbons (Fsp3) is 0.125. The first-order chi connectivity index (χ1) is 11.4. The number of hydrogen-bond donors (Lipinski definition) is 1. The van der Waals surface area contributed by atoms with Gasteiger partial charge in [0, 0.05) is 24.2 Å². The second-order valence-electron chi connectivity index (χ2n) is 5.16. The molecule has 6 nitrogen and oxygen atoms in total. The molecule has 124 valence electrons. The van der Waals surface area contributed by atoms with Crippen LogP contribution in [0.4, 0.5) is 16.6 Å². The Hall–Kier alpha value is -2.45. The average Bonchev–Trinajstić information content (AvgIpc) is 3.03. The number of nitrogens with zero attached hydrogens (tertiary/aromatic N) is 3. The summed E-state index contributed by atoms with van der Waals surface area (Å²) in [7, 11) is -1.73. The van der Waals surface area contributed by atoms with E-state index in [1.54, 1.807) is 18.3 Å². The van der Waals surface area contributed by atoms with Gasteiger partial charge in [-0.1, -0.05) is 18.2 Å². The summed E-state index contributed by atoms with van der Waals surface area (Å²) in [5, 5.41) is 5.85. The molecule has 3 aromatic rings. The molecule has 0 atom stereocenters. The predicted octanol–water partition coefficient (Wildman–Crippen LogP) is 3.34. The highest BCUT2D eigenvalue weighted by atomic mass is 32.2. The maximum atomic E-state index is 11.6. The van der Waals surface area contributed by atoms with Gasteiger partial charge in [0.15, 0.2) is 5.13 Å². The number of aromatic nitrogens is 2. The Morgan fingerprint density at radius 1 is 1.12 bits per heavy atom. The first-order valence-corrected chi connectivity index (χ1v) is 9.84. The zero-order valence-electron chi connectivity index (χ0n) is 13.2. The van der Waals surface area contributed by atoms with Crippen molar-refractivity contribution in [1.29, 1.82) is 0 Å². The Labute approximate surface area is 144 Å². The van der Waals surface area contributed by atoms with Crippen molar-refractivity contribution in [3.63, 3.8) is 0 Å². The summed E-state index contributed by atoms with van der Waals surface area (Å²) in [5.74, 6) is 0.739. The smallest absolute Gasteiger partial charge is 0.231 e. The van der Waals surface area contributed by atoms with Gasteiger partial charge in [-0.25, -0.2) is 18.4 Å². The van der Waals surface area contributed by atoms with Gasteiger partial charge in [-0.15, -0.1) is 11.3 Å². The van der Waals surface area contributed by atoms with E-state index in [0.29, 0.717) is 5.69 Å². The lowest BCUT2D eigenvalue weighted by Gasteiger charge is -2.16. The van der Waals surface area contributed by atoms with Gasteiger partial charge in [0.25, 0.3) is 0 Å². The summed E-state index contributed by atoms with van der Waals surface area (Å²) >= 11 is 1.49. The van der Waals surface area contributed by atoms with Crippen molar-refractivity contribution >= 4 is 38.0 Å². The topological polar surface area (TPSA) is 75.2 Å². The largest absolute Gasteiger partial charge is 0.316 e. The second kappa shape index (κ2) is 6.58. The van der Waals surface area contributed by atoms with Crippen molar-refractivity contribution in [3.05, 3.63) is 54.0 Å². The molecule has 0 radical (unpaired) electrons. The molecule has 0 aliphatic rings. The molecule has 0 amide bonds. The average molecular weight is 360 g/mol. The Kier molecular flexibility index (Phi) is 4.50. The van der Waals surface area contributed by atoms with Crippen LogP contribution in [-0.2, 0) is 10.0 Å². The number of anilines is 3. The standard InChI is InChI=1S/C16H16N4O2S2/c1-20(24(2,21)22)13-8-6-12(7-9-13)14-11-23-16(18-14)19-15-5-3-4-10-17-15/h3-11H,1-2H3,(H,17,18,19). The molecule has 0 aliphatic heterocycles. The highest BCUT2D eigenvalue weighted by Gasteiger charge is 2.12. The summed E-state index contributed by atoms with van der Waals surface area (Å²) < 4.78 is 24.4. The Balaban J connectivity index is 1.78. The van der Waals surface area contributed by atoms with Crippen LogP contribution < -0.4 is 9.62 Å². The van der Waals surface area contributed by atoms with E-state index in [4.69, 9.17) is 0 Å². The third kappa shape index (κ3) is 3.72. The molecule has 3 rings (SSSR count). The van der Waals surface area contributed by atoms with Gasteiger partial charge in [0.2, 0.25) is 10.0 Å². The Morgan fingerprint density at radius 3 is 2.50 bits per heavy atom. The van der Waals surface area contributed by atoms with Crippen molar-refractivity contribution in [1.82, 2.24) is 9.97 Å². The minimum absolute atomic E-state index is 0.614. The molecule has 2 aromatic heterocycles. The first-order valence-electron chi connectivity index (χ1n) is 7.11. The molecular weight excluding hydrogens is 344 g/mol. The zero-order valence-corrected chi connectivity index (χ0v) is 14.8. The SMILES string of the molecule is CN(c1ccc(-c2csc(Nc3ccccn3)n2)cc1)S(C)(=O)=O. The van der Waals surface area contributed by atoms with Crippen LogP contribution >= 0.6 is 11.3 Å². The van der Waals surface area contributed by atoms with E-state index in [1.165, 1.54) is 28.9 Å². The molecule has 0 aliphatic carbocycles. The molecule has 1 N–H and O–H groups in total. The third-order valence-corrected chi connectivity index (χ3v) is 5.39. The number of pyridine rings is 1. The van der Waals surface area contributed by atoms with Crippen molar-refractivity contribution in [2.45, 2.75) is 0 Å². The summed E-state index contributed by atoms with van der Waals surface area (Å²) in [6.45, 7) is 0. The number of hydrogen-bond acceptors (Lipinski definition) is 6. The maximum absolute atomic E-state index is 11.6. The minimum atomic E-state index is -3.26. The van der Waals surface area contributed by atoms with Crippen LogP contribution in [0.5, 0.6) is 0 Å².